The maximum Gasteiger partial charge on any atom is 0.336 e. The number of ketones is 1. The maximum absolute atomic E-state index is 11.3. The number of nitrogen functional groups attached to an aromatic ring is 1. The fraction of sp³-hybridized carbons (Fsp3) is 0.111. The number of aromatic carboxylic acids is 1. The zero-order chi connectivity index (χ0) is 10.7. The predicted octanol–water partition coefficient (Wildman–Crippen LogP) is 0.108. The molecule has 0 fully saturated rings. The van der Waals surface area contributed by atoms with Crippen LogP contribution in [0.25, 0.3) is 0 Å². The second kappa shape index (κ2) is 3.89. The molecule has 14 heavy (non-hydrogen) atoms. The molecule has 0 amide bonds. The first-order chi connectivity index (χ1) is 6.57. The van der Waals surface area contributed by atoms with Crippen molar-refractivity contribution in [3.63, 3.8) is 0 Å². The molecule has 0 aromatic heterocycles. The molecule has 0 spiro atoms. The van der Waals surface area contributed by atoms with Gasteiger partial charge in [-0.25, -0.2) is 4.79 Å². The Morgan fingerprint density at radius 3 is 2.50 bits per heavy atom. The first-order valence-electron chi connectivity index (χ1n) is 3.93. The van der Waals surface area contributed by atoms with E-state index in [-0.39, 0.29) is 23.4 Å². The van der Waals surface area contributed by atoms with Crippen LogP contribution in [-0.2, 0) is 0 Å². The molecule has 5 heteroatoms. The predicted molar refractivity (Wildman–Crippen MR) is 51.2 cm³/mol. The molecule has 5 nitrogen and oxygen atoms in total. The minimum Gasteiger partial charge on any atom is -0.478 e. The fourth-order valence-corrected chi connectivity index (χ4v) is 1.16. The summed E-state index contributed by atoms with van der Waals surface area (Å²) in [4.78, 5) is 22.0. The van der Waals surface area contributed by atoms with Crippen LogP contribution in [0.1, 0.15) is 20.7 Å². The molecular weight excluding hydrogens is 184 g/mol. The fourth-order valence-electron chi connectivity index (χ4n) is 1.16. The van der Waals surface area contributed by atoms with Crippen LogP contribution in [0.4, 0.5) is 5.69 Å². The third-order valence-electron chi connectivity index (χ3n) is 1.79. The summed E-state index contributed by atoms with van der Waals surface area (Å²) in [6, 6.07) is 4.27. The summed E-state index contributed by atoms with van der Waals surface area (Å²) in [5.41, 5.74) is 10.7. The van der Waals surface area contributed by atoms with Crippen molar-refractivity contribution in [3.05, 3.63) is 29.3 Å². The Balaban J connectivity index is 3.36. The van der Waals surface area contributed by atoms with E-state index in [0.717, 1.165) is 0 Å². The van der Waals surface area contributed by atoms with Crippen LogP contribution in [0.2, 0.25) is 0 Å². The van der Waals surface area contributed by atoms with Crippen LogP contribution in [0.5, 0.6) is 0 Å². The Morgan fingerprint density at radius 1 is 1.36 bits per heavy atom. The molecule has 0 radical (unpaired) electrons. The van der Waals surface area contributed by atoms with E-state index in [1.54, 1.807) is 0 Å². The Morgan fingerprint density at radius 2 is 2.00 bits per heavy atom. The van der Waals surface area contributed by atoms with Gasteiger partial charge in [0.1, 0.15) is 0 Å². The van der Waals surface area contributed by atoms with E-state index in [4.69, 9.17) is 16.6 Å². The van der Waals surface area contributed by atoms with Gasteiger partial charge in [-0.1, -0.05) is 6.07 Å². The first-order valence-corrected chi connectivity index (χ1v) is 3.93. The zero-order valence-electron chi connectivity index (χ0n) is 7.36. The highest BCUT2D eigenvalue weighted by Gasteiger charge is 2.17. The van der Waals surface area contributed by atoms with Gasteiger partial charge in [0.15, 0.2) is 5.78 Å². The minimum atomic E-state index is -1.19. The van der Waals surface area contributed by atoms with Crippen LogP contribution < -0.4 is 11.5 Å². The van der Waals surface area contributed by atoms with Crippen molar-refractivity contribution < 1.29 is 14.7 Å². The van der Waals surface area contributed by atoms with Crippen molar-refractivity contribution >= 4 is 17.4 Å². The molecule has 1 aromatic carbocycles. The SMILES string of the molecule is NCC(=O)c1c(N)cccc1C(=O)O. The summed E-state index contributed by atoms with van der Waals surface area (Å²) in [6.45, 7) is -0.255. The molecule has 5 N–H and O–H groups in total. The number of carboxylic acids is 1. The molecule has 0 atom stereocenters. The number of hydrogen-bond donors (Lipinski definition) is 3. The number of benzene rings is 1. The molecule has 74 valence electrons. The highest BCUT2D eigenvalue weighted by molar-refractivity contribution is 6.10. The van der Waals surface area contributed by atoms with Gasteiger partial charge in [-0.05, 0) is 12.1 Å². The van der Waals surface area contributed by atoms with Crippen LogP contribution in [-0.4, -0.2) is 23.4 Å². The lowest BCUT2D eigenvalue weighted by Gasteiger charge is -2.06. The highest BCUT2D eigenvalue weighted by Crippen LogP contribution is 2.17. The van der Waals surface area contributed by atoms with E-state index in [1.165, 1.54) is 18.2 Å². The van der Waals surface area contributed by atoms with Gasteiger partial charge in [-0.2, -0.15) is 0 Å². The van der Waals surface area contributed by atoms with Gasteiger partial charge >= 0.3 is 5.97 Å². The van der Waals surface area contributed by atoms with Crippen LogP contribution in [0.15, 0.2) is 18.2 Å². The van der Waals surface area contributed by atoms with Crippen molar-refractivity contribution in [2.45, 2.75) is 0 Å². The summed E-state index contributed by atoms with van der Waals surface area (Å²) in [5.74, 6) is -1.66. The number of Topliss-reactive ketones (excluding diaryl/α,β-unsaturated/α-hetero) is 1. The van der Waals surface area contributed by atoms with Crippen molar-refractivity contribution in [1.29, 1.82) is 0 Å². The zero-order valence-corrected chi connectivity index (χ0v) is 7.36. The number of rotatable bonds is 3. The summed E-state index contributed by atoms with van der Waals surface area (Å²) >= 11 is 0. The summed E-state index contributed by atoms with van der Waals surface area (Å²) in [7, 11) is 0. The summed E-state index contributed by atoms with van der Waals surface area (Å²) in [6.07, 6.45) is 0. The number of anilines is 1. The molecule has 0 heterocycles. The molecule has 0 unspecified atom stereocenters. The molecule has 0 aliphatic rings. The first kappa shape index (κ1) is 10.2. The van der Waals surface area contributed by atoms with Gasteiger partial charge in [0.2, 0.25) is 0 Å². The molecular formula is C9H10N2O3. The van der Waals surface area contributed by atoms with Crippen molar-refractivity contribution in [2.24, 2.45) is 5.73 Å². The van der Waals surface area contributed by atoms with Crippen LogP contribution in [0.3, 0.4) is 0 Å². The van der Waals surface area contributed by atoms with Gasteiger partial charge in [-0.3, -0.25) is 4.79 Å². The Labute approximate surface area is 80.3 Å². The van der Waals surface area contributed by atoms with Crippen molar-refractivity contribution in [1.82, 2.24) is 0 Å². The van der Waals surface area contributed by atoms with E-state index < -0.39 is 11.8 Å². The topological polar surface area (TPSA) is 106 Å². The lowest BCUT2D eigenvalue weighted by Crippen LogP contribution is -2.19. The van der Waals surface area contributed by atoms with Gasteiger partial charge in [0.05, 0.1) is 17.7 Å². The van der Waals surface area contributed by atoms with Crippen molar-refractivity contribution in [3.8, 4) is 0 Å². The minimum absolute atomic E-state index is 0.0116. The van der Waals surface area contributed by atoms with E-state index in [1.807, 2.05) is 0 Å². The average molecular weight is 194 g/mol. The molecule has 0 aliphatic heterocycles. The van der Waals surface area contributed by atoms with Crippen molar-refractivity contribution in [2.75, 3.05) is 12.3 Å². The quantitative estimate of drug-likeness (QED) is 0.467. The lowest BCUT2D eigenvalue weighted by molar-refractivity contribution is 0.0692. The van der Waals surface area contributed by atoms with Crippen LogP contribution in [0, 0.1) is 0 Å². The Kier molecular flexibility index (Phi) is 2.83. The van der Waals surface area contributed by atoms with Gasteiger partial charge in [-0.15, -0.1) is 0 Å². The largest absolute Gasteiger partial charge is 0.478 e. The summed E-state index contributed by atoms with van der Waals surface area (Å²) < 4.78 is 0. The van der Waals surface area contributed by atoms with E-state index in [0.29, 0.717) is 0 Å². The second-order valence-corrected chi connectivity index (χ2v) is 2.70. The third kappa shape index (κ3) is 1.72. The van der Waals surface area contributed by atoms with E-state index in [2.05, 4.69) is 0 Å². The van der Waals surface area contributed by atoms with E-state index >= 15 is 0 Å². The molecule has 0 saturated carbocycles. The standard InChI is InChI=1S/C9H10N2O3/c10-4-7(12)8-5(9(13)14)2-1-3-6(8)11/h1-3H,4,10-11H2,(H,13,14). The molecule has 1 rings (SSSR count). The number of carbonyl (C=O) groups excluding carboxylic acids is 1. The van der Waals surface area contributed by atoms with Crippen LogP contribution >= 0.6 is 0 Å². The summed E-state index contributed by atoms with van der Waals surface area (Å²) in [5, 5.41) is 8.79. The normalized spacial score (nSPS) is 9.79. The molecule has 0 saturated heterocycles. The van der Waals surface area contributed by atoms with Gasteiger partial charge in [0.25, 0.3) is 0 Å². The number of carboxylic acid groups (broad SMARTS) is 1. The maximum atomic E-state index is 11.3. The Bertz CT molecular complexity index is 388. The number of hydrogen-bond acceptors (Lipinski definition) is 4. The molecule has 1 aromatic rings. The smallest absolute Gasteiger partial charge is 0.336 e. The Hall–Kier alpha value is -1.88. The monoisotopic (exact) mass is 194 g/mol. The van der Waals surface area contributed by atoms with E-state index in [9.17, 15) is 9.59 Å². The van der Waals surface area contributed by atoms with Gasteiger partial charge < -0.3 is 16.6 Å². The molecule has 0 aliphatic carbocycles. The average Bonchev–Trinajstić information content (AvgIpc) is 2.16. The second-order valence-electron chi connectivity index (χ2n) is 2.70. The van der Waals surface area contributed by atoms with Gasteiger partial charge in [0, 0.05) is 5.69 Å². The number of carbonyl (C=O) groups is 2. The highest BCUT2D eigenvalue weighted by atomic mass is 16.4. The lowest BCUT2D eigenvalue weighted by atomic mass is 10.0. The third-order valence-corrected chi connectivity index (χ3v) is 1.79. The number of nitrogens with two attached hydrogens (primary N) is 2. The molecule has 0 bridgehead atoms.